The molecule has 3 aliphatic heterocycles. The highest BCUT2D eigenvalue weighted by Crippen LogP contribution is 2.41. The summed E-state index contributed by atoms with van der Waals surface area (Å²) in [6, 6.07) is 8.22. The van der Waals surface area contributed by atoms with Gasteiger partial charge in [0.1, 0.15) is 17.6 Å². The molecule has 0 spiro atoms. The number of carbonyl (C=O) groups is 2. The van der Waals surface area contributed by atoms with E-state index in [-0.39, 0.29) is 23.5 Å². The van der Waals surface area contributed by atoms with Gasteiger partial charge in [0.2, 0.25) is 0 Å². The third kappa shape index (κ3) is 3.49. The maximum atomic E-state index is 13.1. The van der Waals surface area contributed by atoms with Crippen LogP contribution in [0, 0.1) is 0 Å². The first-order valence-corrected chi connectivity index (χ1v) is 10.6. The van der Waals surface area contributed by atoms with Crippen LogP contribution in [0.15, 0.2) is 48.3 Å². The van der Waals surface area contributed by atoms with Crippen LogP contribution < -0.4 is 4.74 Å². The van der Waals surface area contributed by atoms with Crippen molar-refractivity contribution in [2.24, 2.45) is 0 Å². The van der Waals surface area contributed by atoms with E-state index in [0.29, 0.717) is 18.7 Å². The third-order valence-corrected chi connectivity index (χ3v) is 6.16. The molecule has 1 aromatic heterocycles. The van der Waals surface area contributed by atoms with E-state index in [2.05, 4.69) is 4.98 Å². The molecule has 160 valence electrons. The fraction of sp³-hybridized carbons (Fsp3) is 0.375. The second kappa shape index (κ2) is 7.81. The van der Waals surface area contributed by atoms with Crippen LogP contribution in [0.3, 0.4) is 0 Å². The van der Waals surface area contributed by atoms with Crippen LogP contribution in [0.5, 0.6) is 5.75 Å². The molecule has 1 aromatic carbocycles. The summed E-state index contributed by atoms with van der Waals surface area (Å²) in [4.78, 5) is 31.7. The van der Waals surface area contributed by atoms with Gasteiger partial charge in [0, 0.05) is 37.5 Å². The largest absolute Gasteiger partial charge is 0.507 e. The van der Waals surface area contributed by atoms with E-state index in [0.717, 1.165) is 36.1 Å². The summed E-state index contributed by atoms with van der Waals surface area (Å²) in [5, 5.41) is 11.2. The van der Waals surface area contributed by atoms with Gasteiger partial charge in [-0.2, -0.15) is 0 Å². The number of Topliss-reactive ketones (excluding diaryl/α,β-unsaturated/α-hetero) is 1. The van der Waals surface area contributed by atoms with Crippen molar-refractivity contribution in [3.63, 3.8) is 0 Å². The lowest BCUT2D eigenvalue weighted by Gasteiger charge is -2.27. The molecule has 3 unspecified atom stereocenters. The van der Waals surface area contributed by atoms with Gasteiger partial charge < -0.3 is 19.5 Å². The number of ether oxygens (including phenoxy) is 2. The number of pyridine rings is 1. The summed E-state index contributed by atoms with van der Waals surface area (Å²) in [7, 11) is 0. The summed E-state index contributed by atoms with van der Waals surface area (Å²) in [5.41, 5.74) is 2.31. The average Bonchev–Trinajstić information content (AvgIpc) is 3.48. The number of aliphatic hydroxyl groups excluding tert-OH is 1. The summed E-state index contributed by atoms with van der Waals surface area (Å²) < 4.78 is 11.5. The second-order valence-electron chi connectivity index (χ2n) is 8.32. The van der Waals surface area contributed by atoms with Gasteiger partial charge in [0.15, 0.2) is 0 Å². The molecule has 2 fully saturated rings. The number of fused-ring (bicyclic) bond motifs is 1. The zero-order chi connectivity index (χ0) is 21.5. The number of nitrogens with zero attached hydrogens (tertiary/aromatic N) is 2. The fourth-order valence-corrected chi connectivity index (χ4v) is 4.69. The first-order chi connectivity index (χ1) is 15.0. The molecule has 0 bridgehead atoms. The molecule has 0 saturated carbocycles. The number of benzene rings is 1. The molecule has 2 aromatic rings. The third-order valence-electron chi connectivity index (χ3n) is 6.16. The second-order valence-corrected chi connectivity index (χ2v) is 8.32. The van der Waals surface area contributed by atoms with Crippen LogP contribution in [0.4, 0.5) is 0 Å². The Morgan fingerprint density at radius 1 is 1.23 bits per heavy atom. The lowest BCUT2D eigenvalue weighted by Crippen LogP contribution is -2.36. The maximum Gasteiger partial charge on any atom is 0.295 e. The van der Waals surface area contributed by atoms with E-state index in [1.165, 1.54) is 4.90 Å². The average molecular weight is 420 g/mol. The molecule has 3 atom stereocenters. The molecule has 2 saturated heterocycles. The zero-order valence-electron chi connectivity index (χ0n) is 17.3. The minimum atomic E-state index is -0.685. The smallest absolute Gasteiger partial charge is 0.295 e. The van der Waals surface area contributed by atoms with Crippen molar-refractivity contribution in [3.05, 3.63) is 65.0 Å². The molecular weight excluding hydrogens is 396 g/mol. The van der Waals surface area contributed by atoms with E-state index in [1.54, 1.807) is 36.7 Å². The minimum Gasteiger partial charge on any atom is -0.507 e. The van der Waals surface area contributed by atoms with Gasteiger partial charge in [-0.05, 0) is 61.2 Å². The quantitative estimate of drug-likeness (QED) is 0.465. The number of likely N-dealkylation sites (tertiary alicyclic amines) is 1. The van der Waals surface area contributed by atoms with Crippen LogP contribution in [-0.4, -0.2) is 52.0 Å². The Morgan fingerprint density at radius 3 is 2.77 bits per heavy atom. The Kier molecular flexibility index (Phi) is 4.98. The lowest BCUT2D eigenvalue weighted by molar-refractivity contribution is -0.140. The predicted octanol–water partition coefficient (Wildman–Crippen LogP) is 3.01. The number of amides is 1. The molecule has 7 heteroatoms. The van der Waals surface area contributed by atoms with E-state index in [4.69, 9.17) is 9.47 Å². The first kappa shape index (κ1) is 19.8. The van der Waals surface area contributed by atoms with Gasteiger partial charge >= 0.3 is 0 Å². The monoisotopic (exact) mass is 420 g/mol. The van der Waals surface area contributed by atoms with Crippen molar-refractivity contribution >= 4 is 17.4 Å². The van der Waals surface area contributed by atoms with Gasteiger partial charge in [0.05, 0.1) is 17.7 Å². The first-order valence-electron chi connectivity index (χ1n) is 10.6. The summed E-state index contributed by atoms with van der Waals surface area (Å²) in [5.74, 6) is -0.676. The van der Waals surface area contributed by atoms with E-state index in [9.17, 15) is 14.7 Å². The molecule has 1 N–H and O–H groups in total. The fourth-order valence-electron chi connectivity index (χ4n) is 4.69. The van der Waals surface area contributed by atoms with Crippen molar-refractivity contribution < 1.29 is 24.2 Å². The van der Waals surface area contributed by atoms with Crippen molar-refractivity contribution in [3.8, 4) is 5.75 Å². The lowest BCUT2D eigenvalue weighted by atomic mass is 9.95. The molecule has 5 rings (SSSR count). The number of aliphatic hydroxyl groups is 1. The number of aromatic nitrogens is 1. The SMILES string of the molecule is CC1Cc2cc(C(O)=C3C(=O)C(=O)N(CC4CCCO4)C3c3ccncc3)ccc2O1. The molecule has 0 aliphatic carbocycles. The van der Waals surface area contributed by atoms with Crippen molar-refractivity contribution in [1.29, 1.82) is 0 Å². The Bertz CT molecular complexity index is 1060. The molecular formula is C24H24N2O5. The number of hydrogen-bond donors (Lipinski definition) is 1. The Labute approximate surface area is 180 Å². The van der Waals surface area contributed by atoms with Gasteiger partial charge in [-0.3, -0.25) is 14.6 Å². The topological polar surface area (TPSA) is 89.0 Å². The molecule has 7 nitrogen and oxygen atoms in total. The molecule has 0 radical (unpaired) electrons. The van der Waals surface area contributed by atoms with E-state index in [1.807, 2.05) is 13.0 Å². The van der Waals surface area contributed by atoms with Gasteiger partial charge in [-0.1, -0.05) is 0 Å². The van der Waals surface area contributed by atoms with Gasteiger partial charge in [-0.15, -0.1) is 0 Å². The molecule has 31 heavy (non-hydrogen) atoms. The normalized spacial score (nSPS) is 26.9. The summed E-state index contributed by atoms with van der Waals surface area (Å²) >= 11 is 0. The Balaban J connectivity index is 1.59. The van der Waals surface area contributed by atoms with Crippen LogP contribution in [0.1, 0.15) is 42.5 Å². The summed E-state index contributed by atoms with van der Waals surface area (Å²) in [6.07, 6.45) is 5.71. The summed E-state index contributed by atoms with van der Waals surface area (Å²) in [6.45, 7) is 2.95. The molecule has 3 aliphatic rings. The van der Waals surface area contributed by atoms with Crippen molar-refractivity contribution in [2.45, 2.75) is 44.4 Å². The van der Waals surface area contributed by atoms with Crippen molar-refractivity contribution in [2.75, 3.05) is 13.2 Å². The van der Waals surface area contributed by atoms with E-state index >= 15 is 0 Å². The molecule has 1 amide bonds. The van der Waals surface area contributed by atoms with Crippen LogP contribution in [-0.2, 0) is 20.7 Å². The van der Waals surface area contributed by atoms with Crippen LogP contribution in [0.25, 0.3) is 5.76 Å². The van der Waals surface area contributed by atoms with Crippen LogP contribution >= 0.6 is 0 Å². The molecule has 4 heterocycles. The van der Waals surface area contributed by atoms with E-state index < -0.39 is 17.7 Å². The van der Waals surface area contributed by atoms with Gasteiger partial charge in [0.25, 0.3) is 11.7 Å². The standard InChI is InChI=1S/C24H24N2O5/c1-14-11-17-12-16(4-5-19(17)31-14)22(27)20-21(15-6-8-25-9-7-15)26(24(29)23(20)28)13-18-3-2-10-30-18/h4-9,12,14,18,21,27H,2-3,10-11,13H2,1H3. The van der Waals surface area contributed by atoms with Crippen molar-refractivity contribution in [1.82, 2.24) is 9.88 Å². The predicted molar refractivity (Wildman–Crippen MR) is 112 cm³/mol. The number of rotatable bonds is 4. The van der Waals surface area contributed by atoms with Crippen LogP contribution in [0.2, 0.25) is 0 Å². The number of carbonyl (C=O) groups excluding carboxylic acids is 2. The highest BCUT2D eigenvalue weighted by molar-refractivity contribution is 6.46. The highest BCUT2D eigenvalue weighted by atomic mass is 16.5. The highest BCUT2D eigenvalue weighted by Gasteiger charge is 2.47. The zero-order valence-corrected chi connectivity index (χ0v) is 17.3. The van der Waals surface area contributed by atoms with Gasteiger partial charge in [-0.25, -0.2) is 0 Å². The number of hydrogen-bond acceptors (Lipinski definition) is 6. The number of ketones is 1. The minimum absolute atomic E-state index is 0.0706. The Hall–Kier alpha value is -3.19. The maximum absolute atomic E-state index is 13.1. The Morgan fingerprint density at radius 2 is 2.03 bits per heavy atom.